The van der Waals surface area contributed by atoms with Crippen LogP contribution in [0.15, 0.2) is 47.1 Å². The second-order valence-electron chi connectivity index (χ2n) is 6.06. The van der Waals surface area contributed by atoms with Crippen molar-refractivity contribution in [1.29, 1.82) is 0 Å². The molecule has 1 aliphatic rings. The molecule has 1 fully saturated rings. The first-order chi connectivity index (χ1) is 12.1. The van der Waals surface area contributed by atoms with E-state index in [0.29, 0.717) is 31.9 Å². The number of carbonyl (C=O) groups excluding carboxylic acids is 2. The first-order valence-electron chi connectivity index (χ1n) is 8.44. The van der Waals surface area contributed by atoms with Crippen LogP contribution >= 0.6 is 0 Å². The van der Waals surface area contributed by atoms with Crippen molar-refractivity contribution in [2.24, 2.45) is 0 Å². The normalized spacial score (nSPS) is 14.9. The number of benzene rings is 1. The number of nitrogens with zero attached hydrogens (tertiary/aromatic N) is 2. The number of aryl methyl sites for hydroxylation is 1. The first kappa shape index (κ1) is 17.1. The third-order valence-electron chi connectivity index (χ3n) is 4.31. The maximum Gasteiger partial charge on any atom is 0.289 e. The van der Waals surface area contributed by atoms with Crippen LogP contribution in [0.25, 0.3) is 0 Å². The SMILES string of the molecule is Cc1ccccc1OCC(=O)N1CCCN(C(=O)c2ccco2)CC1. The standard InChI is InChI=1S/C19H22N2O4/c1-15-6-2-3-7-16(15)25-14-18(22)20-9-5-10-21(12-11-20)19(23)17-8-4-13-24-17/h2-4,6-8,13H,5,9-12,14H2,1H3. The molecule has 2 amide bonds. The van der Waals surface area contributed by atoms with Gasteiger partial charge in [-0.3, -0.25) is 9.59 Å². The molecule has 2 aromatic rings. The summed E-state index contributed by atoms with van der Waals surface area (Å²) in [4.78, 5) is 28.3. The van der Waals surface area contributed by atoms with Crippen molar-refractivity contribution in [3.8, 4) is 5.75 Å². The maximum atomic E-state index is 12.4. The van der Waals surface area contributed by atoms with Crippen LogP contribution in [0.1, 0.15) is 22.5 Å². The minimum atomic E-state index is -0.129. The zero-order valence-electron chi connectivity index (χ0n) is 14.3. The molecule has 0 N–H and O–H groups in total. The molecular formula is C19H22N2O4. The summed E-state index contributed by atoms with van der Waals surface area (Å²) < 4.78 is 10.8. The molecule has 1 aromatic heterocycles. The van der Waals surface area contributed by atoms with E-state index < -0.39 is 0 Å². The number of para-hydroxylation sites is 1. The molecule has 0 spiro atoms. The number of rotatable bonds is 4. The fourth-order valence-corrected chi connectivity index (χ4v) is 2.88. The predicted octanol–water partition coefficient (Wildman–Crippen LogP) is 2.34. The van der Waals surface area contributed by atoms with Gasteiger partial charge in [0.25, 0.3) is 11.8 Å². The van der Waals surface area contributed by atoms with E-state index in [1.807, 2.05) is 31.2 Å². The molecule has 0 atom stereocenters. The third kappa shape index (κ3) is 4.21. The van der Waals surface area contributed by atoms with Gasteiger partial charge in [0.15, 0.2) is 12.4 Å². The van der Waals surface area contributed by atoms with Gasteiger partial charge in [0.2, 0.25) is 0 Å². The summed E-state index contributed by atoms with van der Waals surface area (Å²) in [6.07, 6.45) is 2.23. The molecule has 6 nitrogen and oxygen atoms in total. The summed E-state index contributed by atoms with van der Waals surface area (Å²) in [5, 5.41) is 0. The van der Waals surface area contributed by atoms with Crippen molar-refractivity contribution in [3.05, 3.63) is 54.0 Å². The molecule has 0 unspecified atom stereocenters. The number of hydrogen-bond acceptors (Lipinski definition) is 4. The van der Waals surface area contributed by atoms with Gasteiger partial charge < -0.3 is 19.0 Å². The molecule has 3 rings (SSSR count). The highest BCUT2D eigenvalue weighted by atomic mass is 16.5. The molecule has 0 radical (unpaired) electrons. The highest BCUT2D eigenvalue weighted by Gasteiger charge is 2.24. The Balaban J connectivity index is 1.53. The molecule has 2 heterocycles. The van der Waals surface area contributed by atoms with Crippen molar-refractivity contribution in [2.45, 2.75) is 13.3 Å². The fourth-order valence-electron chi connectivity index (χ4n) is 2.88. The summed E-state index contributed by atoms with van der Waals surface area (Å²) in [6.45, 7) is 4.19. The lowest BCUT2D eigenvalue weighted by atomic mass is 10.2. The summed E-state index contributed by atoms with van der Waals surface area (Å²) in [6, 6.07) is 11.0. The van der Waals surface area contributed by atoms with E-state index in [1.54, 1.807) is 21.9 Å². The van der Waals surface area contributed by atoms with Gasteiger partial charge in [0.1, 0.15) is 5.75 Å². The van der Waals surface area contributed by atoms with E-state index >= 15 is 0 Å². The molecule has 0 bridgehead atoms. The van der Waals surface area contributed by atoms with Crippen LogP contribution in [-0.2, 0) is 4.79 Å². The first-order valence-corrected chi connectivity index (χ1v) is 8.44. The van der Waals surface area contributed by atoms with E-state index in [2.05, 4.69) is 0 Å². The molecular weight excluding hydrogens is 320 g/mol. The van der Waals surface area contributed by atoms with E-state index in [9.17, 15) is 9.59 Å². The van der Waals surface area contributed by atoms with Crippen LogP contribution in [0.5, 0.6) is 5.75 Å². The van der Waals surface area contributed by atoms with Gasteiger partial charge in [0, 0.05) is 26.2 Å². The molecule has 25 heavy (non-hydrogen) atoms. The highest BCUT2D eigenvalue weighted by Crippen LogP contribution is 2.16. The van der Waals surface area contributed by atoms with Gasteiger partial charge in [-0.1, -0.05) is 18.2 Å². The van der Waals surface area contributed by atoms with Gasteiger partial charge in [-0.15, -0.1) is 0 Å². The minimum absolute atomic E-state index is 0.0109. The number of furan rings is 1. The number of carbonyl (C=O) groups is 2. The maximum absolute atomic E-state index is 12.4. The quantitative estimate of drug-likeness (QED) is 0.856. The van der Waals surface area contributed by atoms with Gasteiger partial charge in [-0.2, -0.15) is 0 Å². The molecule has 6 heteroatoms. The van der Waals surface area contributed by atoms with E-state index in [0.717, 1.165) is 17.7 Å². The van der Waals surface area contributed by atoms with Crippen LogP contribution in [0.4, 0.5) is 0 Å². The van der Waals surface area contributed by atoms with Crippen LogP contribution in [0, 0.1) is 6.92 Å². The Hall–Kier alpha value is -2.76. The second-order valence-corrected chi connectivity index (χ2v) is 6.06. The Labute approximate surface area is 147 Å². The van der Waals surface area contributed by atoms with Gasteiger partial charge in [0.05, 0.1) is 6.26 Å². The summed E-state index contributed by atoms with van der Waals surface area (Å²) in [5.74, 6) is 0.869. The van der Waals surface area contributed by atoms with Gasteiger partial charge in [-0.25, -0.2) is 0 Å². The van der Waals surface area contributed by atoms with Gasteiger partial charge >= 0.3 is 0 Å². The van der Waals surface area contributed by atoms with Crippen LogP contribution < -0.4 is 4.74 Å². The molecule has 0 aliphatic carbocycles. The number of amides is 2. The predicted molar refractivity (Wildman–Crippen MR) is 92.5 cm³/mol. The average molecular weight is 342 g/mol. The Kier molecular flexibility index (Phi) is 5.38. The second kappa shape index (κ2) is 7.88. The highest BCUT2D eigenvalue weighted by molar-refractivity contribution is 5.91. The summed E-state index contributed by atoms with van der Waals surface area (Å²) in [5.41, 5.74) is 1.00. The number of hydrogen-bond donors (Lipinski definition) is 0. The monoisotopic (exact) mass is 342 g/mol. The zero-order valence-corrected chi connectivity index (χ0v) is 14.3. The van der Waals surface area contributed by atoms with Crippen molar-refractivity contribution in [2.75, 3.05) is 32.8 Å². The lowest BCUT2D eigenvalue weighted by Crippen LogP contribution is -2.39. The van der Waals surface area contributed by atoms with Crippen LogP contribution in [-0.4, -0.2) is 54.4 Å². The van der Waals surface area contributed by atoms with E-state index in [1.165, 1.54) is 6.26 Å². The smallest absolute Gasteiger partial charge is 0.289 e. The Bertz CT molecular complexity index is 727. The van der Waals surface area contributed by atoms with Crippen LogP contribution in [0.2, 0.25) is 0 Å². The Morgan fingerprint density at radius 1 is 1.04 bits per heavy atom. The van der Waals surface area contributed by atoms with Crippen molar-refractivity contribution in [3.63, 3.8) is 0 Å². The summed E-state index contributed by atoms with van der Waals surface area (Å²) in [7, 11) is 0. The third-order valence-corrected chi connectivity index (χ3v) is 4.31. The Morgan fingerprint density at radius 2 is 1.80 bits per heavy atom. The molecule has 0 saturated carbocycles. The topological polar surface area (TPSA) is 63.0 Å². The summed E-state index contributed by atoms with van der Waals surface area (Å²) >= 11 is 0. The average Bonchev–Trinajstić information content (AvgIpc) is 3.04. The van der Waals surface area contributed by atoms with E-state index in [4.69, 9.17) is 9.15 Å². The fraction of sp³-hybridized carbons (Fsp3) is 0.368. The molecule has 1 saturated heterocycles. The zero-order chi connectivity index (χ0) is 17.6. The van der Waals surface area contributed by atoms with E-state index in [-0.39, 0.29) is 18.4 Å². The van der Waals surface area contributed by atoms with Crippen molar-refractivity contribution < 1.29 is 18.7 Å². The number of ether oxygens (including phenoxy) is 1. The lowest BCUT2D eigenvalue weighted by molar-refractivity contribution is -0.133. The Morgan fingerprint density at radius 3 is 2.56 bits per heavy atom. The molecule has 132 valence electrons. The molecule has 1 aliphatic heterocycles. The molecule has 1 aromatic carbocycles. The largest absolute Gasteiger partial charge is 0.484 e. The van der Waals surface area contributed by atoms with Crippen molar-refractivity contribution in [1.82, 2.24) is 9.80 Å². The minimum Gasteiger partial charge on any atom is -0.484 e. The lowest BCUT2D eigenvalue weighted by Gasteiger charge is -2.22. The van der Waals surface area contributed by atoms with Gasteiger partial charge in [-0.05, 0) is 37.1 Å². The van der Waals surface area contributed by atoms with Crippen LogP contribution in [0.3, 0.4) is 0 Å². The van der Waals surface area contributed by atoms with Crippen molar-refractivity contribution >= 4 is 11.8 Å².